The third kappa shape index (κ3) is 3.52. The fourth-order valence-electron chi connectivity index (χ4n) is 2.87. The first-order chi connectivity index (χ1) is 13.1. The quantitative estimate of drug-likeness (QED) is 0.727. The molecule has 7 heteroatoms. The average molecular weight is 359 g/mol. The lowest BCUT2D eigenvalue weighted by molar-refractivity contribution is -0.117. The molecular formula is C20H17N5O2. The van der Waals surface area contributed by atoms with E-state index >= 15 is 0 Å². The van der Waals surface area contributed by atoms with Crippen molar-refractivity contribution >= 4 is 17.6 Å². The highest BCUT2D eigenvalue weighted by molar-refractivity contribution is 6.05. The second-order valence-electron chi connectivity index (χ2n) is 6.39. The van der Waals surface area contributed by atoms with Gasteiger partial charge < -0.3 is 11.1 Å². The second kappa shape index (κ2) is 6.95. The van der Waals surface area contributed by atoms with Crippen LogP contribution in [-0.2, 0) is 4.79 Å². The monoisotopic (exact) mass is 359 g/mol. The number of carbonyl (C=O) groups is 2. The predicted molar refractivity (Wildman–Crippen MR) is 101 cm³/mol. The maximum atomic E-state index is 12.2. The van der Waals surface area contributed by atoms with Gasteiger partial charge in [-0.15, -0.1) is 0 Å². The first-order valence-corrected chi connectivity index (χ1v) is 8.60. The van der Waals surface area contributed by atoms with Crippen LogP contribution in [0.1, 0.15) is 23.2 Å². The average Bonchev–Trinajstić information content (AvgIpc) is 3.54. The van der Waals surface area contributed by atoms with E-state index in [1.807, 2.05) is 24.3 Å². The first-order valence-electron chi connectivity index (χ1n) is 8.60. The van der Waals surface area contributed by atoms with Crippen molar-refractivity contribution in [2.45, 2.75) is 12.8 Å². The Bertz CT molecular complexity index is 1020. The van der Waals surface area contributed by atoms with Crippen molar-refractivity contribution in [2.24, 2.45) is 11.7 Å². The fraction of sp³-hybridized carbons (Fsp3) is 0.150. The molecule has 1 fully saturated rings. The van der Waals surface area contributed by atoms with Crippen LogP contribution in [0.2, 0.25) is 0 Å². The van der Waals surface area contributed by atoms with Crippen molar-refractivity contribution < 1.29 is 9.59 Å². The molecule has 0 radical (unpaired) electrons. The van der Waals surface area contributed by atoms with Crippen LogP contribution in [0, 0.1) is 5.92 Å². The molecule has 1 aliphatic carbocycles. The molecular weight excluding hydrogens is 342 g/mol. The molecule has 0 aliphatic heterocycles. The Morgan fingerprint density at radius 3 is 2.56 bits per heavy atom. The van der Waals surface area contributed by atoms with E-state index in [4.69, 9.17) is 5.73 Å². The van der Waals surface area contributed by atoms with Crippen molar-refractivity contribution in [3.63, 3.8) is 0 Å². The number of hydrogen-bond acceptors (Lipinski definition) is 5. The zero-order valence-electron chi connectivity index (χ0n) is 14.4. The summed E-state index contributed by atoms with van der Waals surface area (Å²) in [4.78, 5) is 37.1. The summed E-state index contributed by atoms with van der Waals surface area (Å²) in [5, 5.41) is 2.82. The molecule has 1 saturated carbocycles. The Hall–Kier alpha value is -3.61. The van der Waals surface area contributed by atoms with Crippen LogP contribution < -0.4 is 11.1 Å². The van der Waals surface area contributed by atoms with Gasteiger partial charge in [-0.1, -0.05) is 6.07 Å². The number of nitrogens with one attached hydrogen (secondary N) is 1. The maximum absolute atomic E-state index is 12.2. The number of nitrogens with zero attached hydrogens (tertiary/aromatic N) is 3. The lowest BCUT2D eigenvalue weighted by Gasteiger charge is -2.14. The van der Waals surface area contributed by atoms with Gasteiger partial charge in [0.05, 0.1) is 11.3 Å². The van der Waals surface area contributed by atoms with Crippen LogP contribution in [0.3, 0.4) is 0 Å². The van der Waals surface area contributed by atoms with E-state index < -0.39 is 5.91 Å². The number of rotatable bonds is 5. The fourth-order valence-corrected chi connectivity index (χ4v) is 2.87. The summed E-state index contributed by atoms with van der Waals surface area (Å²) >= 11 is 0. The topological polar surface area (TPSA) is 111 Å². The first kappa shape index (κ1) is 16.8. The highest BCUT2D eigenvalue weighted by Gasteiger charge is 2.31. The summed E-state index contributed by atoms with van der Waals surface area (Å²) in [5.41, 5.74) is 8.46. The zero-order valence-corrected chi connectivity index (χ0v) is 14.4. The van der Waals surface area contributed by atoms with Crippen molar-refractivity contribution in [3.05, 3.63) is 60.7 Å². The number of pyridine rings is 3. The largest absolute Gasteiger partial charge is 0.366 e. The van der Waals surface area contributed by atoms with Crippen molar-refractivity contribution in [1.82, 2.24) is 15.0 Å². The molecule has 2 amide bonds. The molecule has 3 heterocycles. The molecule has 0 aromatic carbocycles. The van der Waals surface area contributed by atoms with E-state index in [0.29, 0.717) is 16.9 Å². The highest BCUT2D eigenvalue weighted by atomic mass is 16.2. The van der Waals surface area contributed by atoms with E-state index in [1.165, 1.54) is 12.3 Å². The normalized spacial score (nSPS) is 13.2. The van der Waals surface area contributed by atoms with Crippen molar-refractivity contribution in [2.75, 3.05) is 5.32 Å². The smallest absolute Gasteiger partial charge is 0.249 e. The molecule has 3 aromatic heterocycles. The third-order valence-electron chi connectivity index (χ3n) is 4.39. The van der Waals surface area contributed by atoms with Crippen molar-refractivity contribution in [3.8, 4) is 22.4 Å². The van der Waals surface area contributed by atoms with Gasteiger partial charge in [0.2, 0.25) is 11.8 Å². The molecule has 4 rings (SSSR count). The number of primary amides is 1. The number of amides is 2. The van der Waals surface area contributed by atoms with Gasteiger partial charge in [-0.3, -0.25) is 19.6 Å². The minimum atomic E-state index is -0.599. The van der Waals surface area contributed by atoms with E-state index in [2.05, 4.69) is 20.3 Å². The van der Waals surface area contributed by atoms with Gasteiger partial charge in [0.25, 0.3) is 0 Å². The van der Waals surface area contributed by atoms with E-state index in [0.717, 1.165) is 24.1 Å². The standard InChI is InChI=1S/C20H17N5O2/c21-18(26)15-6-8-24-19(25-20(27)12-4-5-12)17(15)14-9-13(10-22-11-14)16-3-1-2-7-23-16/h1-3,6-12H,4-5H2,(H2,21,26)(H,24,25,27). The minimum Gasteiger partial charge on any atom is -0.366 e. The predicted octanol–water partition coefficient (Wildman–Crippen LogP) is 2.65. The van der Waals surface area contributed by atoms with Crippen LogP contribution in [0.4, 0.5) is 5.82 Å². The van der Waals surface area contributed by atoms with E-state index in [-0.39, 0.29) is 17.4 Å². The van der Waals surface area contributed by atoms with E-state index in [9.17, 15) is 9.59 Å². The van der Waals surface area contributed by atoms with Crippen molar-refractivity contribution in [1.29, 1.82) is 0 Å². The van der Waals surface area contributed by atoms with Crippen LogP contribution >= 0.6 is 0 Å². The molecule has 0 saturated heterocycles. The maximum Gasteiger partial charge on any atom is 0.249 e. The molecule has 7 nitrogen and oxygen atoms in total. The summed E-state index contributed by atoms with van der Waals surface area (Å²) in [5.74, 6) is -0.380. The number of hydrogen-bond donors (Lipinski definition) is 2. The SMILES string of the molecule is NC(=O)c1ccnc(NC(=O)C2CC2)c1-c1cncc(-c2ccccn2)c1. The highest BCUT2D eigenvalue weighted by Crippen LogP contribution is 2.34. The molecule has 0 atom stereocenters. The van der Waals surface area contributed by atoms with Crippen LogP contribution in [0.15, 0.2) is 55.1 Å². The molecule has 27 heavy (non-hydrogen) atoms. The van der Waals surface area contributed by atoms with Gasteiger partial charge in [-0.25, -0.2) is 4.98 Å². The van der Waals surface area contributed by atoms with Gasteiger partial charge in [-0.2, -0.15) is 0 Å². The van der Waals surface area contributed by atoms with Gasteiger partial charge in [0.15, 0.2) is 0 Å². The zero-order chi connectivity index (χ0) is 18.8. The Balaban J connectivity index is 1.82. The summed E-state index contributed by atoms with van der Waals surface area (Å²) in [6.45, 7) is 0. The van der Waals surface area contributed by atoms with Gasteiger partial charge in [-0.05, 0) is 37.1 Å². The van der Waals surface area contributed by atoms with Gasteiger partial charge >= 0.3 is 0 Å². The molecule has 0 bridgehead atoms. The molecule has 3 aromatic rings. The minimum absolute atomic E-state index is 0.00913. The summed E-state index contributed by atoms with van der Waals surface area (Å²) in [6, 6.07) is 8.98. The number of carbonyl (C=O) groups excluding carboxylic acids is 2. The Labute approximate surface area is 155 Å². The van der Waals surface area contributed by atoms with Crippen LogP contribution in [0.25, 0.3) is 22.4 Å². The van der Waals surface area contributed by atoms with E-state index in [1.54, 1.807) is 18.6 Å². The van der Waals surface area contributed by atoms with Gasteiger partial charge in [0.1, 0.15) is 5.82 Å². The number of nitrogens with two attached hydrogens (primary N) is 1. The van der Waals surface area contributed by atoms with Gasteiger partial charge in [0, 0.05) is 47.4 Å². The molecule has 134 valence electrons. The number of anilines is 1. The molecule has 1 aliphatic rings. The van der Waals surface area contributed by atoms with Crippen LogP contribution in [-0.4, -0.2) is 26.8 Å². The molecule has 0 unspecified atom stereocenters. The Morgan fingerprint density at radius 1 is 1.04 bits per heavy atom. The Kier molecular flexibility index (Phi) is 4.33. The lowest BCUT2D eigenvalue weighted by atomic mass is 9.99. The summed E-state index contributed by atoms with van der Waals surface area (Å²) < 4.78 is 0. The summed E-state index contributed by atoms with van der Waals surface area (Å²) in [7, 11) is 0. The van der Waals surface area contributed by atoms with Crippen LogP contribution in [0.5, 0.6) is 0 Å². The number of aromatic nitrogens is 3. The molecule has 3 N–H and O–H groups in total. The Morgan fingerprint density at radius 2 is 1.85 bits per heavy atom. The third-order valence-corrected chi connectivity index (χ3v) is 4.39. The second-order valence-corrected chi connectivity index (χ2v) is 6.39. The summed E-state index contributed by atoms with van der Waals surface area (Å²) in [6.07, 6.45) is 8.20. The lowest BCUT2D eigenvalue weighted by Crippen LogP contribution is -2.18. The molecule has 0 spiro atoms.